The third-order valence-electron chi connectivity index (χ3n) is 3.58. The molecule has 0 saturated carbocycles. The highest BCUT2D eigenvalue weighted by molar-refractivity contribution is 5.80. The Bertz CT molecular complexity index is 785. The van der Waals surface area contributed by atoms with E-state index in [1.807, 2.05) is 30.3 Å². The van der Waals surface area contributed by atoms with Gasteiger partial charge in [0.25, 0.3) is 0 Å². The average molecular weight is 312 g/mol. The van der Waals surface area contributed by atoms with Crippen molar-refractivity contribution in [1.29, 1.82) is 0 Å². The van der Waals surface area contributed by atoms with Gasteiger partial charge in [-0.25, -0.2) is 0 Å². The van der Waals surface area contributed by atoms with Crippen LogP contribution in [0.15, 0.2) is 36.5 Å². The summed E-state index contributed by atoms with van der Waals surface area (Å²) in [6.07, 6.45) is 1.79. The van der Waals surface area contributed by atoms with Crippen molar-refractivity contribution in [3.05, 3.63) is 48.2 Å². The number of benzene rings is 2. The fraction of sp³-hybridized carbons (Fsp3) is 0.222. The second kappa shape index (κ2) is 6.52. The molecule has 3 aromatic rings. The summed E-state index contributed by atoms with van der Waals surface area (Å²) in [5.74, 6) is 2.57. The zero-order chi connectivity index (χ0) is 16.2. The van der Waals surface area contributed by atoms with Crippen LogP contribution in [-0.4, -0.2) is 26.3 Å². The van der Waals surface area contributed by atoms with E-state index in [1.165, 1.54) is 0 Å². The highest BCUT2D eigenvalue weighted by atomic mass is 16.5. The first-order chi connectivity index (χ1) is 11.2. The fourth-order valence-electron chi connectivity index (χ4n) is 2.44. The molecule has 2 aromatic carbocycles. The minimum Gasteiger partial charge on any atom is -0.493 e. The lowest BCUT2D eigenvalue weighted by Crippen LogP contribution is -2.00. The molecule has 0 aliphatic heterocycles. The molecule has 5 heteroatoms. The van der Waals surface area contributed by atoms with Crippen molar-refractivity contribution in [1.82, 2.24) is 4.98 Å². The summed E-state index contributed by atoms with van der Waals surface area (Å²) in [5, 5.41) is 0.993. The fourth-order valence-corrected chi connectivity index (χ4v) is 2.44. The van der Waals surface area contributed by atoms with E-state index in [9.17, 15) is 0 Å². The largest absolute Gasteiger partial charge is 0.493 e. The molecule has 1 radical (unpaired) electrons. The maximum atomic E-state index is 5.86. The molecule has 1 heterocycles. The molecule has 0 atom stereocenters. The van der Waals surface area contributed by atoms with Crippen LogP contribution < -0.4 is 18.9 Å². The Morgan fingerprint density at radius 2 is 1.70 bits per heavy atom. The van der Waals surface area contributed by atoms with Crippen LogP contribution in [0, 0.1) is 6.07 Å². The first kappa shape index (κ1) is 15.1. The van der Waals surface area contributed by atoms with E-state index in [1.54, 1.807) is 27.5 Å². The van der Waals surface area contributed by atoms with Crippen LogP contribution in [0.1, 0.15) is 5.56 Å². The van der Waals surface area contributed by atoms with Crippen LogP contribution in [0.5, 0.6) is 23.0 Å². The Balaban J connectivity index is 1.81. The maximum absolute atomic E-state index is 5.86. The van der Waals surface area contributed by atoms with Gasteiger partial charge in [-0.15, -0.1) is 0 Å². The Labute approximate surface area is 134 Å². The van der Waals surface area contributed by atoms with E-state index < -0.39 is 0 Å². The quantitative estimate of drug-likeness (QED) is 0.756. The summed E-state index contributed by atoms with van der Waals surface area (Å²) in [5.41, 5.74) is 1.96. The van der Waals surface area contributed by atoms with Gasteiger partial charge in [0.15, 0.2) is 11.5 Å². The lowest BCUT2D eigenvalue weighted by Gasteiger charge is -2.14. The molecule has 0 saturated heterocycles. The van der Waals surface area contributed by atoms with Crippen LogP contribution in [0.4, 0.5) is 0 Å². The van der Waals surface area contributed by atoms with Crippen molar-refractivity contribution in [2.45, 2.75) is 6.61 Å². The number of aromatic nitrogens is 1. The topological polar surface area (TPSA) is 52.7 Å². The van der Waals surface area contributed by atoms with Gasteiger partial charge in [-0.2, -0.15) is 0 Å². The molecule has 3 rings (SSSR count). The SMILES string of the molecule is COc1cc(COc2ccc3[nH]c[c]c3c2)cc(OC)c1OC. The van der Waals surface area contributed by atoms with Crippen LogP contribution in [0.2, 0.25) is 0 Å². The van der Waals surface area contributed by atoms with E-state index in [4.69, 9.17) is 18.9 Å². The van der Waals surface area contributed by atoms with Crippen LogP contribution in [0.25, 0.3) is 10.9 Å². The van der Waals surface area contributed by atoms with Crippen molar-refractivity contribution in [2.75, 3.05) is 21.3 Å². The lowest BCUT2D eigenvalue weighted by molar-refractivity contribution is 0.299. The number of nitrogens with one attached hydrogen (secondary N) is 1. The van der Waals surface area contributed by atoms with Crippen LogP contribution in [-0.2, 0) is 6.61 Å². The molecule has 1 N–H and O–H groups in total. The summed E-state index contributed by atoms with van der Waals surface area (Å²) < 4.78 is 21.9. The Kier molecular flexibility index (Phi) is 4.28. The Morgan fingerprint density at radius 3 is 2.35 bits per heavy atom. The van der Waals surface area contributed by atoms with E-state index in [0.29, 0.717) is 23.9 Å². The molecular formula is C18H18NO4. The molecule has 1 aromatic heterocycles. The number of hydrogen-bond donors (Lipinski definition) is 1. The van der Waals surface area contributed by atoms with Gasteiger partial charge >= 0.3 is 0 Å². The average Bonchev–Trinajstić information content (AvgIpc) is 3.06. The molecular weight excluding hydrogens is 294 g/mol. The summed E-state index contributed by atoms with van der Waals surface area (Å²) >= 11 is 0. The minimum atomic E-state index is 0.395. The van der Waals surface area contributed by atoms with Crippen molar-refractivity contribution in [2.24, 2.45) is 0 Å². The summed E-state index contributed by atoms with van der Waals surface area (Å²) in [6, 6.07) is 12.7. The van der Waals surface area contributed by atoms with Crippen LogP contribution in [0.3, 0.4) is 0 Å². The molecule has 119 valence electrons. The first-order valence-electron chi connectivity index (χ1n) is 7.15. The Morgan fingerprint density at radius 1 is 0.957 bits per heavy atom. The summed E-state index contributed by atoms with van der Waals surface area (Å²) in [4.78, 5) is 3.11. The van der Waals surface area contributed by atoms with Crippen molar-refractivity contribution >= 4 is 10.9 Å². The number of fused-ring (bicyclic) bond motifs is 1. The number of methoxy groups -OCH3 is 3. The van der Waals surface area contributed by atoms with Crippen molar-refractivity contribution in [3.63, 3.8) is 0 Å². The van der Waals surface area contributed by atoms with E-state index in [0.717, 1.165) is 22.2 Å². The predicted molar refractivity (Wildman–Crippen MR) is 87.6 cm³/mol. The third-order valence-corrected chi connectivity index (χ3v) is 3.58. The van der Waals surface area contributed by atoms with E-state index in [2.05, 4.69) is 11.1 Å². The zero-order valence-corrected chi connectivity index (χ0v) is 13.3. The maximum Gasteiger partial charge on any atom is 0.203 e. The number of rotatable bonds is 6. The predicted octanol–water partition coefficient (Wildman–Crippen LogP) is 3.57. The van der Waals surface area contributed by atoms with Gasteiger partial charge in [0.2, 0.25) is 5.75 Å². The monoisotopic (exact) mass is 312 g/mol. The molecule has 0 fully saturated rings. The lowest BCUT2D eigenvalue weighted by atomic mass is 10.2. The molecule has 5 nitrogen and oxygen atoms in total. The molecule has 0 spiro atoms. The zero-order valence-electron chi connectivity index (χ0n) is 13.3. The van der Waals surface area contributed by atoms with Gasteiger partial charge in [0, 0.05) is 23.2 Å². The first-order valence-corrected chi connectivity index (χ1v) is 7.15. The van der Waals surface area contributed by atoms with E-state index in [-0.39, 0.29) is 0 Å². The normalized spacial score (nSPS) is 10.6. The van der Waals surface area contributed by atoms with Crippen molar-refractivity contribution in [3.8, 4) is 23.0 Å². The second-order valence-corrected chi connectivity index (χ2v) is 4.96. The van der Waals surface area contributed by atoms with Crippen molar-refractivity contribution < 1.29 is 18.9 Å². The number of aromatic amines is 1. The molecule has 0 bridgehead atoms. The Hall–Kier alpha value is -2.82. The molecule has 0 unspecified atom stereocenters. The van der Waals surface area contributed by atoms with Gasteiger partial charge in [-0.05, 0) is 35.9 Å². The number of H-pyrrole nitrogens is 1. The van der Waals surface area contributed by atoms with E-state index >= 15 is 0 Å². The smallest absolute Gasteiger partial charge is 0.203 e. The second-order valence-electron chi connectivity index (χ2n) is 4.96. The van der Waals surface area contributed by atoms with Gasteiger partial charge in [-0.3, -0.25) is 0 Å². The molecule has 0 aliphatic carbocycles. The number of hydrogen-bond acceptors (Lipinski definition) is 4. The summed E-state index contributed by atoms with van der Waals surface area (Å²) in [7, 11) is 4.77. The molecule has 23 heavy (non-hydrogen) atoms. The highest BCUT2D eigenvalue weighted by Crippen LogP contribution is 2.38. The van der Waals surface area contributed by atoms with Gasteiger partial charge in [0.05, 0.1) is 21.3 Å². The van der Waals surface area contributed by atoms with Crippen LogP contribution >= 0.6 is 0 Å². The van der Waals surface area contributed by atoms with Gasteiger partial charge in [-0.1, -0.05) is 0 Å². The third kappa shape index (κ3) is 3.04. The van der Waals surface area contributed by atoms with Gasteiger partial charge < -0.3 is 23.9 Å². The molecule has 0 aliphatic rings. The highest BCUT2D eigenvalue weighted by Gasteiger charge is 2.13. The molecule has 0 amide bonds. The number of ether oxygens (including phenoxy) is 4. The standard InChI is InChI=1S/C18H18NO4/c1-20-16-8-12(9-17(21-2)18(16)22-3)11-23-14-4-5-15-13(10-14)6-7-19-15/h4-5,7-10,19H,11H2,1-3H3. The van der Waals surface area contributed by atoms with Gasteiger partial charge in [0.1, 0.15) is 12.4 Å². The summed E-state index contributed by atoms with van der Waals surface area (Å²) in [6.45, 7) is 0.395. The minimum absolute atomic E-state index is 0.395.